The van der Waals surface area contributed by atoms with E-state index < -0.39 is 15.1 Å². The highest BCUT2D eigenvalue weighted by molar-refractivity contribution is 8.12. The van der Waals surface area contributed by atoms with Crippen LogP contribution in [0.4, 0.5) is 0 Å². The van der Waals surface area contributed by atoms with Crippen LogP contribution in [-0.4, -0.2) is 19.3 Å². The van der Waals surface area contributed by atoms with Gasteiger partial charge in [-0.3, -0.25) is 9.78 Å². The molecule has 0 atom stereocenters. The van der Waals surface area contributed by atoms with E-state index >= 15 is 0 Å². The number of halogens is 1. The number of carbonyl (C=O) groups is 1. The molecule has 0 aliphatic heterocycles. The lowest BCUT2D eigenvalue weighted by atomic mass is 10.3. The van der Waals surface area contributed by atoms with Gasteiger partial charge in [-0.1, -0.05) is 0 Å². The van der Waals surface area contributed by atoms with Crippen molar-refractivity contribution in [2.75, 3.05) is 0 Å². The van der Waals surface area contributed by atoms with Crippen LogP contribution in [0.25, 0.3) is 0 Å². The summed E-state index contributed by atoms with van der Waals surface area (Å²) in [5, 5.41) is 0. The molecule has 0 radical (unpaired) electrons. The minimum absolute atomic E-state index is 0.180. The summed E-state index contributed by atoms with van der Waals surface area (Å²) in [4.78, 5) is 14.7. The molecule has 1 N–H and O–H groups in total. The first-order chi connectivity index (χ1) is 5.99. The molecule has 0 aliphatic rings. The monoisotopic (exact) mass is 220 g/mol. The lowest BCUT2D eigenvalue weighted by molar-refractivity contribution is 0.0982. The number of aromatic nitrogens is 1. The molecule has 1 aromatic rings. The standard InChI is InChI=1S/C6H5ClN2O3S/c7-13(11,12)9-6(10)5-1-3-8-4-2-5/h1-4H,(H,9,10). The highest BCUT2D eigenvalue weighted by atomic mass is 35.7. The van der Waals surface area contributed by atoms with Crippen LogP contribution in [0.5, 0.6) is 0 Å². The Morgan fingerprint density at radius 3 is 2.38 bits per heavy atom. The van der Waals surface area contributed by atoms with Crippen molar-refractivity contribution in [3.05, 3.63) is 30.1 Å². The Kier molecular flexibility index (Phi) is 2.84. The van der Waals surface area contributed by atoms with Crippen molar-refractivity contribution in [2.45, 2.75) is 0 Å². The quantitative estimate of drug-likeness (QED) is 0.727. The predicted octanol–water partition coefficient (Wildman–Crippen LogP) is 0.295. The zero-order valence-corrected chi connectivity index (χ0v) is 7.84. The van der Waals surface area contributed by atoms with Crippen LogP contribution in [-0.2, 0) is 9.24 Å². The van der Waals surface area contributed by atoms with Crippen LogP contribution < -0.4 is 4.72 Å². The molecule has 1 heterocycles. The Labute approximate surface area is 79.3 Å². The first kappa shape index (κ1) is 9.94. The van der Waals surface area contributed by atoms with Crippen molar-refractivity contribution in [2.24, 2.45) is 0 Å². The van der Waals surface area contributed by atoms with E-state index in [4.69, 9.17) is 10.7 Å². The molecule has 0 spiro atoms. The minimum atomic E-state index is -4.02. The summed E-state index contributed by atoms with van der Waals surface area (Å²) in [6, 6.07) is 2.74. The molecule has 1 amide bonds. The van der Waals surface area contributed by atoms with Gasteiger partial charge in [0.05, 0.1) is 0 Å². The molecule has 1 aromatic heterocycles. The minimum Gasteiger partial charge on any atom is -0.268 e. The summed E-state index contributed by atoms with van der Waals surface area (Å²) < 4.78 is 22.5. The third kappa shape index (κ3) is 3.39. The number of amides is 1. The lowest BCUT2D eigenvalue weighted by Crippen LogP contribution is -2.26. The molecule has 0 saturated carbocycles. The maximum atomic E-state index is 11.1. The highest BCUT2D eigenvalue weighted by Crippen LogP contribution is 1.98. The van der Waals surface area contributed by atoms with Crippen LogP contribution in [0.2, 0.25) is 0 Å². The maximum absolute atomic E-state index is 11.1. The normalized spacial score (nSPS) is 10.8. The SMILES string of the molecule is O=C(NS(=O)(=O)Cl)c1ccncc1. The fraction of sp³-hybridized carbons (Fsp3) is 0. The fourth-order valence-corrected chi connectivity index (χ4v) is 1.22. The molecular formula is C6H5ClN2O3S. The number of hydrogen-bond acceptors (Lipinski definition) is 4. The number of hydrogen-bond donors (Lipinski definition) is 1. The van der Waals surface area contributed by atoms with Crippen LogP contribution in [0.1, 0.15) is 10.4 Å². The van der Waals surface area contributed by atoms with E-state index in [0.717, 1.165) is 0 Å². The molecular weight excluding hydrogens is 216 g/mol. The fourth-order valence-electron chi connectivity index (χ4n) is 0.673. The number of nitrogens with one attached hydrogen (secondary N) is 1. The Bertz CT molecular complexity index is 403. The van der Waals surface area contributed by atoms with Gasteiger partial charge < -0.3 is 0 Å². The molecule has 7 heteroatoms. The van der Waals surface area contributed by atoms with Gasteiger partial charge in [0.25, 0.3) is 5.91 Å². The van der Waals surface area contributed by atoms with E-state index in [9.17, 15) is 13.2 Å². The molecule has 0 aromatic carbocycles. The third-order valence-electron chi connectivity index (χ3n) is 1.16. The largest absolute Gasteiger partial charge is 0.321 e. The van der Waals surface area contributed by atoms with Crippen molar-refractivity contribution in [3.63, 3.8) is 0 Å². The molecule has 0 unspecified atom stereocenters. The summed E-state index contributed by atoms with van der Waals surface area (Å²) in [5.74, 6) is -0.780. The molecule has 13 heavy (non-hydrogen) atoms. The average molecular weight is 221 g/mol. The summed E-state index contributed by atoms with van der Waals surface area (Å²) in [6.45, 7) is 0. The first-order valence-corrected chi connectivity index (χ1v) is 5.47. The number of nitrogens with zero attached hydrogens (tertiary/aromatic N) is 1. The molecule has 0 aliphatic carbocycles. The van der Waals surface area contributed by atoms with E-state index in [0.29, 0.717) is 0 Å². The van der Waals surface area contributed by atoms with E-state index in [1.807, 2.05) is 0 Å². The summed E-state index contributed by atoms with van der Waals surface area (Å²) in [6.07, 6.45) is 2.74. The Balaban J connectivity index is 2.82. The molecule has 70 valence electrons. The van der Waals surface area contributed by atoms with Gasteiger partial charge in [-0.15, -0.1) is 0 Å². The van der Waals surface area contributed by atoms with Crippen LogP contribution >= 0.6 is 10.7 Å². The van der Waals surface area contributed by atoms with Gasteiger partial charge >= 0.3 is 9.24 Å². The molecule has 5 nitrogen and oxygen atoms in total. The van der Waals surface area contributed by atoms with E-state index in [-0.39, 0.29) is 5.56 Å². The van der Waals surface area contributed by atoms with Crippen molar-refractivity contribution >= 4 is 25.8 Å². The average Bonchev–Trinajstić information content (AvgIpc) is 2.03. The summed E-state index contributed by atoms with van der Waals surface area (Å²) in [5.41, 5.74) is 0.180. The molecule has 0 saturated heterocycles. The zero-order valence-electron chi connectivity index (χ0n) is 6.27. The summed E-state index contributed by atoms with van der Waals surface area (Å²) in [7, 11) is 0.783. The second-order valence-corrected chi connectivity index (χ2v) is 4.40. The van der Waals surface area contributed by atoms with Gasteiger partial charge in [-0.05, 0) is 12.1 Å². The number of rotatable bonds is 2. The van der Waals surface area contributed by atoms with Crippen LogP contribution in [0.3, 0.4) is 0 Å². The van der Waals surface area contributed by atoms with Crippen molar-refractivity contribution in [3.8, 4) is 0 Å². The Hall–Kier alpha value is -1.14. The van der Waals surface area contributed by atoms with Crippen molar-refractivity contribution < 1.29 is 13.2 Å². The smallest absolute Gasteiger partial charge is 0.268 e. The maximum Gasteiger partial charge on any atom is 0.321 e. The van der Waals surface area contributed by atoms with E-state index in [1.54, 1.807) is 4.72 Å². The highest BCUT2D eigenvalue weighted by Gasteiger charge is 2.11. The predicted molar refractivity (Wildman–Crippen MR) is 46.5 cm³/mol. The second kappa shape index (κ2) is 3.71. The van der Waals surface area contributed by atoms with Crippen LogP contribution in [0, 0.1) is 0 Å². The Morgan fingerprint density at radius 1 is 1.38 bits per heavy atom. The van der Waals surface area contributed by atoms with Crippen molar-refractivity contribution in [1.29, 1.82) is 0 Å². The number of carbonyl (C=O) groups excluding carboxylic acids is 1. The topological polar surface area (TPSA) is 76.1 Å². The van der Waals surface area contributed by atoms with Gasteiger partial charge in [-0.2, -0.15) is 8.42 Å². The zero-order chi connectivity index (χ0) is 9.90. The van der Waals surface area contributed by atoms with Gasteiger partial charge in [-0.25, -0.2) is 4.72 Å². The first-order valence-electron chi connectivity index (χ1n) is 3.16. The van der Waals surface area contributed by atoms with Crippen molar-refractivity contribution in [1.82, 2.24) is 9.71 Å². The molecule has 0 bridgehead atoms. The third-order valence-corrected chi connectivity index (χ3v) is 1.82. The van der Waals surface area contributed by atoms with Gasteiger partial charge in [0.15, 0.2) is 0 Å². The lowest BCUT2D eigenvalue weighted by Gasteiger charge is -1.99. The van der Waals surface area contributed by atoms with E-state index in [1.165, 1.54) is 24.5 Å². The molecule has 0 fully saturated rings. The van der Waals surface area contributed by atoms with Gasteiger partial charge in [0, 0.05) is 28.6 Å². The number of pyridine rings is 1. The van der Waals surface area contributed by atoms with Gasteiger partial charge in [0.2, 0.25) is 0 Å². The molecule has 1 rings (SSSR count). The summed E-state index contributed by atoms with van der Waals surface area (Å²) >= 11 is 0. The Morgan fingerprint density at radius 2 is 1.92 bits per heavy atom. The van der Waals surface area contributed by atoms with E-state index in [2.05, 4.69) is 4.98 Å². The van der Waals surface area contributed by atoms with Crippen LogP contribution in [0.15, 0.2) is 24.5 Å². The van der Waals surface area contributed by atoms with Gasteiger partial charge in [0.1, 0.15) is 0 Å². The second-order valence-electron chi connectivity index (χ2n) is 2.10.